The minimum atomic E-state index is 0.0735. The van der Waals surface area contributed by atoms with Crippen molar-refractivity contribution in [2.45, 2.75) is 26.7 Å². The smallest absolute Gasteiger partial charge is 0.225 e. The number of thiocarbonyl (C=S) groups is 1. The van der Waals surface area contributed by atoms with E-state index in [-0.39, 0.29) is 11.8 Å². The summed E-state index contributed by atoms with van der Waals surface area (Å²) in [5, 5.41) is 0. The summed E-state index contributed by atoms with van der Waals surface area (Å²) < 4.78 is 0. The van der Waals surface area contributed by atoms with Crippen LogP contribution in [0.5, 0.6) is 0 Å². The minimum absolute atomic E-state index is 0.0735. The first kappa shape index (κ1) is 12.4. The van der Waals surface area contributed by atoms with E-state index in [2.05, 4.69) is 6.92 Å². The summed E-state index contributed by atoms with van der Waals surface area (Å²) in [4.78, 5) is 13.5. The van der Waals surface area contributed by atoms with E-state index in [1.165, 1.54) is 0 Å². The average molecular weight is 202 g/mol. The molecular weight excluding hydrogens is 184 g/mol. The maximum atomic E-state index is 11.6. The molecule has 1 atom stereocenters. The number of hydrogen-bond acceptors (Lipinski definition) is 2. The average Bonchev–Trinajstić information content (AvgIpc) is 2.02. The van der Waals surface area contributed by atoms with Crippen LogP contribution in [0.25, 0.3) is 0 Å². The Morgan fingerprint density at radius 2 is 2.15 bits per heavy atom. The van der Waals surface area contributed by atoms with Crippen molar-refractivity contribution in [3.05, 3.63) is 0 Å². The molecule has 0 aromatic carbocycles. The Morgan fingerprint density at radius 3 is 2.54 bits per heavy atom. The van der Waals surface area contributed by atoms with Crippen LogP contribution in [-0.2, 0) is 4.79 Å². The van der Waals surface area contributed by atoms with Gasteiger partial charge in [0.1, 0.15) is 0 Å². The zero-order chi connectivity index (χ0) is 10.4. The summed E-state index contributed by atoms with van der Waals surface area (Å²) >= 11 is 4.73. The molecule has 0 fully saturated rings. The molecule has 0 rings (SSSR count). The zero-order valence-electron chi connectivity index (χ0n) is 8.54. The number of carbonyl (C=O) groups excluding carboxylic acids is 1. The maximum Gasteiger partial charge on any atom is 0.225 e. The molecule has 13 heavy (non-hydrogen) atoms. The highest BCUT2D eigenvalue weighted by Gasteiger charge is 2.16. The highest BCUT2D eigenvalue weighted by Crippen LogP contribution is 2.07. The lowest BCUT2D eigenvalue weighted by Crippen LogP contribution is -2.37. The van der Waals surface area contributed by atoms with Gasteiger partial charge < -0.3 is 10.6 Å². The van der Waals surface area contributed by atoms with Gasteiger partial charge in [0.05, 0.1) is 11.5 Å². The van der Waals surface area contributed by atoms with E-state index < -0.39 is 0 Å². The zero-order valence-corrected chi connectivity index (χ0v) is 9.36. The van der Waals surface area contributed by atoms with Crippen molar-refractivity contribution in [3.63, 3.8) is 0 Å². The molecule has 0 aliphatic carbocycles. The highest BCUT2D eigenvalue weighted by atomic mass is 32.1. The van der Waals surface area contributed by atoms with Gasteiger partial charge in [-0.15, -0.1) is 0 Å². The van der Waals surface area contributed by atoms with E-state index in [0.717, 1.165) is 12.8 Å². The van der Waals surface area contributed by atoms with Gasteiger partial charge in [-0.25, -0.2) is 0 Å². The van der Waals surface area contributed by atoms with Crippen LogP contribution in [0.15, 0.2) is 0 Å². The molecular formula is C9H18N2OS. The second kappa shape index (κ2) is 5.91. The van der Waals surface area contributed by atoms with E-state index >= 15 is 0 Å². The first-order valence-electron chi connectivity index (χ1n) is 4.52. The van der Waals surface area contributed by atoms with Crippen molar-refractivity contribution in [2.75, 3.05) is 13.6 Å². The Kier molecular flexibility index (Phi) is 5.62. The molecule has 0 heterocycles. The number of hydrogen-bond donors (Lipinski definition) is 1. The summed E-state index contributed by atoms with van der Waals surface area (Å²) in [6.45, 7) is 4.38. The number of likely N-dealkylation sites (N-methyl/N-ethyl adjacent to an activating group) is 1. The standard InChI is InChI=1S/C9H18N2OS/c1-4-5-7(2)9(12)11(3)6-8(10)13/h7H,4-6H2,1-3H3,(H2,10,13). The molecule has 0 aromatic heterocycles. The third-order valence-corrected chi connectivity index (χ3v) is 2.04. The Hall–Kier alpha value is -0.640. The molecule has 0 aliphatic rings. The summed E-state index contributed by atoms with van der Waals surface area (Å²) in [6.07, 6.45) is 1.94. The Bertz CT molecular complexity index is 194. The normalized spacial score (nSPS) is 12.2. The Labute approximate surface area is 85.3 Å². The summed E-state index contributed by atoms with van der Waals surface area (Å²) in [5.41, 5.74) is 5.34. The third kappa shape index (κ3) is 4.83. The van der Waals surface area contributed by atoms with Gasteiger partial charge >= 0.3 is 0 Å². The molecule has 76 valence electrons. The number of carbonyl (C=O) groups is 1. The summed E-state index contributed by atoms with van der Waals surface area (Å²) in [6, 6.07) is 0. The van der Waals surface area contributed by atoms with Crippen LogP contribution >= 0.6 is 12.2 Å². The number of nitrogens with zero attached hydrogens (tertiary/aromatic N) is 1. The van der Waals surface area contributed by atoms with Crippen LogP contribution in [-0.4, -0.2) is 29.4 Å². The van der Waals surface area contributed by atoms with Gasteiger partial charge in [0.15, 0.2) is 0 Å². The Morgan fingerprint density at radius 1 is 1.62 bits per heavy atom. The fourth-order valence-corrected chi connectivity index (χ4v) is 1.44. The largest absolute Gasteiger partial charge is 0.392 e. The van der Waals surface area contributed by atoms with E-state index in [9.17, 15) is 4.79 Å². The molecule has 3 nitrogen and oxygen atoms in total. The second-order valence-electron chi connectivity index (χ2n) is 3.35. The topological polar surface area (TPSA) is 46.3 Å². The van der Waals surface area contributed by atoms with Gasteiger partial charge in [-0.3, -0.25) is 4.79 Å². The molecule has 0 aromatic rings. The monoisotopic (exact) mass is 202 g/mol. The fraction of sp³-hybridized carbons (Fsp3) is 0.778. The first-order chi connectivity index (χ1) is 5.99. The molecule has 4 heteroatoms. The van der Waals surface area contributed by atoms with Crippen LogP contribution in [0.2, 0.25) is 0 Å². The number of rotatable bonds is 5. The van der Waals surface area contributed by atoms with Crippen molar-refractivity contribution in [3.8, 4) is 0 Å². The molecule has 1 amide bonds. The molecule has 0 radical (unpaired) electrons. The van der Waals surface area contributed by atoms with Crippen LogP contribution in [0.1, 0.15) is 26.7 Å². The van der Waals surface area contributed by atoms with Gasteiger partial charge in [-0.1, -0.05) is 32.5 Å². The van der Waals surface area contributed by atoms with Crippen molar-refractivity contribution in [1.82, 2.24) is 4.90 Å². The van der Waals surface area contributed by atoms with Crippen LogP contribution in [0, 0.1) is 5.92 Å². The van der Waals surface area contributed by atoms with Crippen molar-refractivity contribution in [2.24, 2.45) is 11.7 Å². The number of nitrogens with two attached hydrogens (primary N) is 1. The lowest BCUT2D eigenvalue weighted by Gasteiger charge is -2.20. The van der Waals surface area contributed by atoms with Crippen molar-refractivity contribution < 1.29 is 4.79 Å². The molecule has 2 N–H and O–H groups in total. The molecule has 0 aliphatic heterocycles. The van der Waals surface area contributed by atoms with Gasteiger partial charge in [0.25, 0.3) is 0 Å². The highest BCUT2D eigenvalue weighted by molar-refractivity contribution is 7.80. The lowest BCUT2D eigenvalue weighted by molar-refractivity contribution is -0.133. The van der Waals surface area contributed by atoms with E-state index in [4.69, 9.17) is 18.0 Å². The van der Waals surface area contributed by atoms with Gasteiger partial charge in [-0.2, -0.15) is 0 Å². The van der Waals surface area contributed by atoms with Gasteiger partial charge in [0.2, 0.25) is 5.91 Å². The van der Waals surface area contributed by atoms with Crippen LogP contribution < -0.4 is 5.73 Å². The number of amides is 1. The predicted octanol–water partition coefficient (Wildman–Crippen LogP) is 1.17. The van der Waals surface area contributed by atoms with Crippen molar-refractivity contribution in [1.29, 1.82) is 0 Å². The molecule has 1 unspecified atom stereocenters. The predicted molar refractivity (Wildman–Crippen MR) is 58.5 cm³/mol. The summed E-state index contributed by atoms with van der Waals surface area (Å²) in [7, 11) is 1.73. The summed E-state index contributed by atoms with van der Waals surface area (Å²) in [5.74, 6) is 0.194. The third-order valence-electron chi connectivity index (χ3n) is 1.91. The lowest BCUT2D eigenvalue weighted by atomic mass is 10.1. The minimum Gasteiger partial charge on any atom is -0.392 e. The second-order valence-corrected chi connectivity index (χ2v) is 3.87. The quantitative estimate of drug-likeness (QED) is 0.681. The molecule has 0 spiro atoms. The molecule has 0 bridgehead atoms. The first-order valence-corrected chi connectivity index (χ1v) is 4.93. The fourth-order valence-electron chi connectivity index (χ4n) is 1.24. The SMILES string of the molecule is CCCC(C)C(=O)N(C)CC(N)=S. The maximum absolute atomic E-state index is 11.6. The van der Waals surface area contributed by atoms with Crippen LogP contribution in [0.3, 0.4) is 0 Å². The van der Waals surface area contributed by atoms with Gasteiger partial charge in [0, 0.05) is 13.0 Å². The van der Waals surface area contributed by atoms with E-state index in [1.807, 2.05) is 6.92 Å². The molecule has 0 saturated carbocycles. The van der Waals surface area contributed by atoms with E-state index in [1.54, 1.807) is 11.9 Å². The van der Waals surface area contributed by atoms with Crippen molar-refractivity contribution >= 4 is 23.1 Å². The molecule has 0 saturated heterocycles. The van der Waals surface area contributed by atoms with Gasteiger partial charge in [-0.05, 0) is 6.42 Å². The van der Waals surface area contributed by atoms with E-state index in [0.29, 0.717) is 11.5 Å². The van der Waals surface area contributed by atoms with Crippen LogP contribution in [0.4, 0.5) is 0 Å². The Balaban J connectivity index is 4.01.